The lowest BCUT2D eigenvalue weighted by atomic mass is 9.90. The highest BCUT2D eigenvalue weighted by atomic mass is 16.5. The third kappa shape index (κ3) is 7.19. The minimum Gasteiger partial charge on any atom is -0.492 e. The van der Waals surface area contributed by atoms with Crippen molar-refractivity contribution in [2.24, 2.45) is 5.92 Å². The van der Waals surface area contributed by atoms with E-state index in [4.69, 9.17) is 4.74 Å². The van der Waals surface area contributed by atoms with Crippen LogP contribution in [0.1, 0.15) is 39.9 Å². The molecule has 0 atom stereocenters. The predicted octanol–water partition coefficient (Wildman–Crippen LogP) is 5.26. The molecule has 1 amide bonds. The molecule has 0 aromatic heterocycles. The average Bonchev–Trinajstić information content (AvgIpc) is 2.85. The van der Waals surface area contributed by atoms with E-state index in [9.17, 15) is 4.79 Å². The number of nitrogens with zero attached hydrogens (tertiary/aromatic N) is 1. The fourth-order valence-corrected chi connectivity index (χ4v) is 4.39. The molecule has 0 radical (unpaired) electrons. The van der Waals surface area contributed by atoms with Gasteiger partial charge in [0.05, 0.1) is 6.54 Å². The lowest BCUT2D eigenvalue weighted by Crippen LogP contribution is -2.33. The summed E-state index contributed by atoms with van der Waals surface area (Å²) in [6.07, 6.45) is 3.69. The first kappa shape index (κ1) is 23.1. The highest BCUT2D eigenvalue weighted by Gasteiger charge is 2.19. The number of hydrogen-bond acceptors (Lipinski definition) is 3. The van der Waals surface area contributed by atoms with E-state index in [1.54, 1.807) is 0 Å². The van der Waals surface area contributed by atoms with Gasteiger partial charge >= 0.3 is 0 Å². The average molecular weight is 443 g/mol. The van der Waals surface area contributed by atoms with Gasteiger partial charge in [0.2, 0.25) is 0 Å². The molecule has 172 valence electrons. The molecule has 4 rings (SSSR count). The molecule has 0 unspecified atom stereocenters. The summed E-state index contributed by atoms with van der Waals surface area (Å²) in [6.45, 7) is 6.20. The Morgan fingerprint density at radius 2 is 1.61 bits per heavy atom. The lowest BCUT2D eigenvalue weighted by Gasteiger charge is -2.32. The number of ether oxygens (including phenoxy) is 1. The van der Waals surface area contributed by atoms with Gasteiger partial charge in [-0.1, -0.05) is 60.2 Å². The van der Waals surface area contributed by atoms with Crippen LogP contribution in [-0.4, -0.2) is 37.0 Å². The summed E-state index contributed by atoms with van der Waals surface area (Å²) in [5.41, 5.74) is 4.60. The first-order valence-electron chi connectivity index (χ1n) is 12.0. The summed E-state index contributed by atoms with van der Waals surface area (Å²) in [5, 5.41) is 2.93. The normalized spacial score (nSPS) is 14.7. The second-order valence-corrected chi connectivity index (χ2v) is 9.02. The van der Waals surface area contributed by atoms with Crippen LogP contribution in [0.2, 0.25) is 0 Å². The largest absolute Gasteiger partial charge is 0.492 e. The molecule has 0 spiro atoms. The summed E-state index contributed by atoms with van der Waals surface area (Å²) in [6, 6.07) is 26.8. The van der Waals surface area contributed by atoms with Crippen molar-refractivity contribution in [3.05, 3.63) is 101 Å². The van der Waals surface area contributed by atoms with Crippen molar-refractivity contribution < 1.29 is 9.53 Å². The van der Waals surface area contributed by atoms with E-state index in [1.165, 1.54) is 36.0 Å². The molecule has 0 aliphatic carbocycles. The number of likely N-dealkylation sites (tertiary alicyclic amines) is 1. The Morgan fingerprint density at radius 1 is 0.909 bits per heavy atom. The van der Waals surface area contributed by atoms with Crippen molar-refractivity contribution >= 4 is 5.91 Å². The van der Waals surface area contributed by atoms with Crippen molar-refractivity contribution in [2.75, 3.05) is 26.2 Å². The fraction of sp³-hybridized carbons (Fsp3) is 0.345. The first-order chi connectivity index (χ1) is 16.2. The van der Waals surface area contributed by atoms with Crippen molar-refractivity contribution in [3.63, 3.8) is 0 Å². The molecule has 1 fully saturated rings. The number of amides is 1. The molecule has 4 nitrogen and oxygen atoms in total. The molecule has 1 heterocycles. The first-order valence-corrected chi connectivity index (χ1v) is 12.0. The van der Waals surface area contributed by atoms with Crippen LogP contribution in [0.5, 0.6) is 5.75 Å². The summed E-state index contributed by atoms with van der Waals surface area (Å²) >= 11 is 0. The number of aryl methyl sites for hydroxylation is 1. The standard InChI is InChI=1S/C29H34N2O2/c1-23-7-13-28(14-8-23)33-20-17-30-29(32)27-11-9-26(10-12-27)22-31-18-15-25(16-19-31)21-24-5-3-2-4-6-24/h2-14,25H,15-22H2,1H3,(H,30,32). The van der Waals surface area contributed by atoms with Crippen LogP contribution < -0.4 is 10.1 Å². The van der Waals surface area contributed by atoms with Gasteiger partial charge in [0.15, 0.2) is 0 Å². The molecule has 0 bridgehead atoms. The van der Waals surface area contributed by atoms with Crippen molar-refractivity contribution in [1.82, 2.24) is 10.2 Å². The quantitative estimate of drug-likeness (QED) is 0.460. The number of nitrogens with one attached hydrogen (secondary N) is 1. The van der Waals surface area contributed by atoms with Gasteiger partial charge in [-0.25, -0.2) is 0 Å². The number of piperidine rings is 1. The zero-order chi connectivity index (χ0) is 22.9. The maximum atomic E-state index is 12.4. The summed E-state index contributed by atoms with van der Waals surface area (Å²) in [5.74, 6) is 1.55. The van der Waals surface area contributed by atoms with E-state index in [2.05, 4.69) is 52.7 Å². The van der Waals surface area contributed by atoms with Crippen molar-refractivity contribution in [3.8, 4) is 5.75 Å². The summed E-state index contributed by atoms with van der Waals surface area (Å²) in [7, 11) is 0. The van der Waals surface area contributed by atoms with Gasteiger partial charge in [0.25, 0.3) is 5.91 Å². The molecular formula is C29H34N2O2. The molecule has 1 aliphatic heterocycles. The molecule has 33 heavy (non-hydrogen) atoms. The number of hydrogen-bond donors (Lipinski definition) is 1. The van der Waals surface area contributed by atoms with Gasteiger partial charge in [0.1, 0.15) is 12.4 Å². The molecule has 3 aromatic rings. The van der Waals surface area contributed by atoms with E-state index in [1.807, 2.05) is 43.3 Å². The molecule has 0 saturated carbocycles. The lowest BCUT2D eigenvalue weighted by molar-refractivity contribution is 0.0947. The van der Waals surface area contributed by atoms with E-state index in [-0.39, 0.29) is 5.91 Å². The summed E-state index contributed by atoms with van der Waals surface area (Å²) < 4.78 is 5.67. The van der Waals surface area contributed by atoms with Gasteiger partial charge in [-0.2, -0.15) is 0 Å². The predicted molar refractivity (Wildman–Crippen MR) is 134 cm³/mol. The van der Waals surface area contributed by atoms with E-state index in [0.29, 0.717) is 18.7 Å². The second-order valence-electron chi connectivity index (χ2n) is 9.02. The highest BCUT2D eigenvalue weighted by molar-refractivity contribution is 5.94. The van der Waals surface area contributed by atoms with Gasteiger partial charge in [-0.3, -0.25) is 9.69 Å². The number of carbonyl (C=O) groups is 1. The van der Waals surface area contributed by atoms with Crippen LogP contribution in [0.3, 0.4) is 0 Å². The van der Waals surface area contributed by atoms with Crippen molar-refractivity contribution in [2.45, 2.75) is 32.7 Å². The molecule has 1 aliphatic rings. The third-order valence-electron chi connectivity index (χ3n) is 6.37. The maximum Gasteiger partial charge on any atom is 0.251 e. The Labute approximate surface area is 197 Å². The Bertz CT molecular complexity index is 992. The van der Waals surface area contributed by atoms with Crippen LogP contribution in [-0.2, 0) is 13.0 Å². The topological polar surface area (TPSA) is 41.6 Å². The van der Waals surface area contributed by atoms with Crippen LogP contribution in [0.15, 0.2) is 78.9 Å². The number of benzene rings is 3. The Balaban J connectivity index is 1.16. The molecule has 4 heteroatoms. The SMILES string of the molecule is Cc1ccc(OCCNC(=O)c2ccc(CN3CCC(Cc4ccccc4)CC3)cc2)cc1. The Kier molecular flexibility index (Phi) is 8.15. The Hall–Kier alpha value is -3.11. The van der Waals surface area contributed by atoms with Crippen molar-refractivity contribution in [1.29, 1.82) is 0 Å². The molecule has 1 N–H and O–H groups in total. The molecule has 1 saturated heterocycles. The van der Waals surface area contributed by atoms with E-state index < -0.39 is 0 Å². The number of carbonyl (C=O) groups excluding carboxylic acids is 1. The highest BCUT2D eigenvalue weighted by Crippen LogP contribution is 2.23. The minimum absolute atomic E-state index is 0.0595. The monoisotopic (exact) mass is 442 g/mol. The zero-order valence-corrected chi connectivity index (χ0v) is 19.5. The van der Waals surface area contributed by atoms with Gasteiger partial charge in [0, 0.05) is 12.1 Å². The van der Waals surface area contributed by atoms with E-state index in [0.717, 1.165) is 31.3 Å². The van der Waals surface area contributed by atoms with Crippen LogP contribution >= 0.6 is 0 Å². The fourth-order valence-electron chi connectivity index (χ4n) is 4.39. The van der Waals surface area contributed by atoms with Crippen LogP contribution in [0.25, 0.3) is 0 Å². The van der Waals surface area contributed by atoms with Crippen LogP contribution in [0, 0.1) is 12.8 Å². The minimum atomic E-state index is -0.0595. The van der Waals surface area contributed by atoms with Gasteiger partial charge < -0.3 is 10.1 Å². The smallest absolute Gasteiger partial charge is 0.251 e. The van der Waals surface area contributed by atoms with Gasteiger partial charge in [-0.05, 0) is 80.6 Å². The molecular weight excluding hydrogens is 408 g/mol. The molecule has 3 aromatic carbocycles. The Morgan fingerprint density at radius 3 is 2.30 bits per heavy atom. The van der Waals surface area contributed by atoms with E-state index >= 15 is 0 Å². The zero-order valence-electron chi connectivity index (χ0n) is 19.5. The number of rotatable bonds is 9. The third-order valence-corrected chi connectivity index (χ3v) is 6.37. The van der Waals surface area contributed by atoms with Crippen LogP contribution in [0.4, 0.5) is 0 Å². The maximum absolute atomic E-state index is 12.4. The summed E-state index contributed by atoms with van der Waals surface area (Å²) in [4.78, 5) is 14.9. The second kappa shape index (κ2) is 11.7. The van der Waals surface area contributed by atoms with Gasteiger partial charge in [-0.15, -0.1) is 0 Å².